The smallest absolute Gasteiger partial charge is 0.548 e. The SMILES string of the molecule is CCN(CC)C(=O)[C@@H](O)[C@@H]1C(=O)N2[C@@H]1SC(C)(C)[C@@H]2C(=O)[O-].[Na+]. The molecule has 1 N–H and O–H groups in total. The van der Waals surface area contributed by atoms with E-state index in [-0.39, 0.29) is 29.6 Å². The van der Waals surface area contributed by atoms with Gasteiger partial charge in [0.15, 0.2) is 0 Å². The molecular weight excluding hydrogens is 331 g/mol. The van der Waals surface area contributed by atoms with Crippen molar-refractivity contribution in [2.75, 3.05) is 13.1 Å². The molecule has 23 heavy (non-hydrogen) atoms. The summed E-state index contributed by atoms with van der Waals surface area (Å²) in [7, 11) is 0. The number of carbonyl (C=O) groups excluding carboxylic acids is 3. The van der Waals surface area contributed by atoms with Crippen molar-refractivity contribution in [3.8, 4) is 0 Å². The molecule has 0 spiro atoms. The molecule has 2 aliphatic heterocycles. The van der Waals surface area contributed by atoms with Gasteiger partial charge in [0, 0.05) is 17.8 Å². The Morgan fingerprint density at radius 3 is 2.35 bits per heavy atom. The number of carboxylic acids is 1. The molecule has 2 amide bonds. The first kappa shape index (κ1) is 20.8. The van der Waals surface area contributed by atoms with E-state index >= 15 is 0 Å². The monoisotopic (exact) mass is 352 g/mol. The second kappa shape index (κ2) is 7.31. The third-order valence-corrected chi connectivity index (χ3v) is 5.97. The minimum atomic E-state index is -1.43. The molecule has 9 heteroatoms. The molecule has 0 radical (unpaired) electrons. The molecular formula is C14H21N2NaO5S. The summed E-state index contributed by atoms with van der Waals surface area (Å²) in [4.78, 5) is 38.5. The maximum absolute atomic E-state index is 12.3. The summed E-state index contributed by atoms with van der Waals surface area (Å²) in [5, 5.41) is 21.1. The van der Waals surface area contributed by atoms with Gasteiger partial charge in [-0.2, -0.15) is 0 Å². The predicted molar refractivity (Wildman–Crippen MR) is 78.5 cm³/mol. The zero-order valence-corrected chi connectivity index (χ0v) is 16.9. The van der Waals surface area contributed by atoms with Gasteiger partial charge in [-0.1, -0.05) is 0 Å². The molecule has 2 aliphatic rings. The first-order valence-corrected chi connectivity index (χ1v) is 8.23. The molecule has 2 rings (SSSR count). The van der Waals surface area contributed by atoms with Gasteiger partial charge in [-0.05, 0) is 27.7 Å². The Kier molecular flexibility index (Phi) is 6.60. The first-order valence-electron chi connectivity index (χ1n) is 7.35. The molecule has 0 aliphatic carbocycles. The second-order valence-corrected chi connectivity index (χ2v) is 7.83. The number of aliphatic carboxylic acids is 1. The van der Waals surface area contributed by atoms with E-state index in [1.165, 1.54) is 21.6 Å². The fourth-order valence-corrected chi connectivity index (χ4v) is 4.90. The van der Waals surface area contributed by atoms with Crippen molar-refractivity contribution >= 4 is 29.5 Å². The molecule has 0 saturated carbocycles. The zero-order valence-electron chi connectivity index (χ0n) is 14.1. The van der Waals surface area contributed by atoms with Crippen molar-refractivity contribution in [3.63, 3.8) is 0 Å². The van der Waals surface area contributed by atoms with E-state index in [9.17, 15) is 24.6 Å². The van der Waals surface area contributed by atoms with Crippen LogP contribution in [0.4, 0.5) is 0 Å². The average Bonchev–Trinajstić information content (AvgIpc) is 2.68. The molecule has 2 heterocycles. The van der Waals surface area contributed by atoms with Crippen molar-refractivity contribution in [2.45, 2.75) is 50.0 Å². The summed E-state index contributed by atoms with van der Waals surface area (Å²) in [5.41, 5.74) is 0. The van der Waals surface area contributed by atoms with E-state index in [1.807, 2.05) is 0 Å². The van der Waals surface area contributed by atoms with Crippen molar-refractivity contribution in [2.24, 2.45) is 5.92 Å². The number of thioether (sulfide) groups is 1. The number of hydrogen-bond acceptors (Lipinski definition) is 6. The number of amides is 2. The van der Waals surface area contributed by atoms with E-state index in [0.29, 0.717) is 13.1 Å². The number of hydrogen-bond donors (Lipinski definition) is 1. The number of β-lactam (4-membered cyclic amide) rings is 1. The topological polar surface area (TPSA) is 101 Å². The standard InChI is InChI=1S/C14H22N2O5S.Na/c1-5-15(6-2)11(19)8(17)7-10(18)16-9(13(20)21)14(3,4)22-12(7)16;/h7-9,12,17H,5-6H2,1-4H3,(H,20,21);/q;+1/p-1/t7-,8+,9+,12-;/m1./s1. The van der Waals surface area contributed by atoms with Gasteiger partial charge in [0.25, 0.3) is 5.91 Å². The van der Waals surface area contributed by atoms with Crippen LogP contribution in [0, 0.1) is 5.92 Å². The number of aliphatic hydroxyl groups is 1. The number of fused-ring (bicyclic) bond motifs is 1. The van der Waals surface area contributed by atoms with E-state index in [4.69, 9.17) is 0 Å². The number of nitrogens with zero attached hydrogens (tertiary/aromatic N) is 2. The maximum atomic E-state index is 12.3. The van der Waals surface area contributed by atoms with E-state index in [2.05, 4.69) is 0 Å². The van der Waals surface area contributed by atoms with Gasteiger partial charge in [0.2, 0.25) is 5.91 Å². The Bertz CT molecular complexity index is 511. The Hall–Kier alpha value is -0.280. The Balaban J connectivity index is 0.00000264. The van der Waals surface area contributed by atoms with E-state index in [0.717, 1.165) is 0 Å². The average molecular weight is 352 g/mol. The van der Waals surface area contributed by atoms with Crippen LogP contribution in [-0.4, -0.2) is 68.0 Å². The molecule has 0 bridgehead atoms. The number of rotatable bonds is 5. The number of likely N-dealkylation sites (N-methyl/N-ethyl adjacent to an activating group) is 1. The zero-order chi connectivity index (χ0) is 16.8. The normalized spacial score (nSPS) is 29.2. The Morgan fingerprint density at radius 1 is 1.39 bits per heavy atom. The first-order chi connectivity index (χ1) is 10.2. The molecule has 4 atom stereocenters. The summed E-state index contributed by atoms with van der Waals surface area (Å²) < 4.78 is -0.716. The third kappa shape index (κ3) is 3.28. The van der Waals surface area contributed by atoms with Crippen LogP contribution in [0.15, 0.2) is 0 Å². The largest absolute Gasteiger partial charge is 1.00 e. The van der Waals surface area contributed by atoms with Crippen LogP contribution in [0.2, 0.25) is 0 Å². The van der Waals surface area contributed by atoms with Crippen LogP contribution >= 0.6 is 11.8 Å². The fraction of sp³-hybridized carbons (Fsp3) is 0.786. The number of carbonyl (C=O) groups is 3. The van der Waals surface area contributed by atoms with Gasteiger partial charge in [0.05, 0.1) is 17.4 Å². The number of aliphatic hydroxyl groups excluding tert-OH is 1. The van der Waals surface area contributed by atoms with Crippen molar-refractivity contribution in [3.05, 3.63) is 0 Å². The van der Waals surface area contributed by atoms with Crippen molar-refractivity contribution in [1.82, 2.24) is 9.80 Å². The van der Waals surface area contributed by atoms with Crippen molar-refractivity contribution < 1.29 is 54.2 Å². The minimum absolute atomic E-state index is 0. The summed E-state index contributed by atoms with van der Waals surface area (Å²) in [6.07, 6.45) is -1.43. The van der Waals surface area contributed by atoms with Crippen LogP contribution in [0.1, 0.15) is 27.7 Å². The summed E-state index contributed by atoms with van der Waals surface area (Å²) in [5.74, 6) is -3.18. The van der Waals surface area contributed by atoms with Crippen molar-refractivity contribution in [1.29, 1.82) is 0 Å². The summed E-state index contributed by atoms with van der Waals surface area (Å²) >= 11 is 1.29. The van der Waals surface area contributed by atoms with Crippen LogP contribution in [-0.2, 0) is 14.4 Å². The van der Waals surface area contributed by atoms with Gasteiger partial charge in [-0.15, -0.1) is 11.8 Å². The quantitative estimate of drug-likeness (QED) is 0.396. The molecule has 124 valence electrons. The molecule has 2 saturated heterocycles. The van der Waals surface area contributed by atoms with Crippen LogP contribution in [0.3, 0.4) is 0 Å². The maximum Gasteiger partial charge on any atom is 1.00 e. The fourth-order valence-electron chi connectivity index (χ4n) is 3.19. The van der Waals surface area contributed by atoms with Gasteiger partial charge in [-0.25, -0.2) is 0 Å². The van der Waals surface area contributed by atoms with Gasteiger partial charge >= 0.3 is 29.6 Å². The summed E-state index contributed by atoms with van der Waals surface area (Å²) in [6, 6.07) is -1.04. The molecule has 0 aromatic heterocycles. The minimum Gasteiger partial charge on any atom is -0.548 e. The van der Waals surface area contributed by atoms with Crippen LogP contribution < -0.4 is 34.7 Å². The molecule has 0 aromatic carbocycles. The van der Waals surface area contributed by atoms with E-state index < -0.39 is 46.0 Å². The van der Waals surface area contributed by atoms with Gasteiger partial charge < -0.3 is 24.8 Å². The Labute approximate surface area is 162 Å². The molecule has 0 unspecified atom stereocenters. The Morgan fingerprint density at radius 2 is 1.91 bits per heavy atom. The molecule has 0 aromatic rings. The van der Waals surface area contributed by atoms with E-state index in [1.54, 1.807) is 27.7 Å². The molecule has 7 nitrogen and oxygen atoms in total. The van der Waals surface area contributed by atoms with Crippen LogP contribution in [0.25, 0.3) is 0 Å². The van der Waals surface area contributed by atoms with Gasteiger partial charge in [0.1, 0.15) is 12.0 Å². The third-order valence-electron chi connectivity index (χ3n) is 4.37. The molecule has 2 fully saturated rings. The second-order valence-electron chi connectivity index (χ2n) is 6.06. The summed E-state index contributed by atoms with van der Waals surface area (Å²) in [6.45, 7) is 7.92. The van der Waals surface area contributed by atoms with Gasteiger partial charge in [-0.3, -0.25) is 9.59 Å². The van der Waals surface area contributed by atoms with Crippen LogP contribution in [0.5, 0.6) is 0 Å². The number of carboxylic acid groups (broad SMARTS) is 1. The predicted octanol–water partition coefficient (Wildman–Crippen LogP) is -4.35.